The van der Waals surface area contributed by atoms with Crippen molar-refractivity contribution in [2.24, 2.45) is 0 Å². The van der Waals surface area contributed by atoms with Gasteiger partial charge in [-0.25, -0.2) is 0 Å². The van der Waals surface area contributed by atoms with Gasteiger partial charge in [-0.3, -0.25) is 9.78 Å². The maximum absolute atomic E-state index is 13.4. The van der Waals surface area contributed by atoms with Crippen LogP contribution in [0.1, 0.15) is 42.5 Å². The summed E-state index contributed by atoms with van der Waals surface area (Å²) >= 11 is 6.01. The number of aryl methyl sites for hydroxylation is 1. The Hall–Kier alpha value is -3.15. The second-order valence-electron chi connectivity index (χ2n) is 9.86. The number of amides is 1. The number of nitrogens with one attached hydrogen (secondary N) is 1. The molecule has 5 nitrogen and oxygen atoms in total. The second kappa shape index (κ2) is 11.3. The first kappa shape index (κ1) is 24.5. The molecule has 6 heteroatoms. The highest BCUT2D eigenvalue weighted by Gasteiger charge is 2.34. The smallest absolute Gasteiger partial charge is 0.247 e. The highest BCUT2D eigenvalue weighted by molar-refractivity contribution is 6.30. The van der Waals surface area contributed by atoms with E-state index in [2.05, 4.69) is 44.4 Å². The van der Waals surface area contributed by atoms with Crippen LogP contribution < -0.4 is 5.32 Å². The molecule has 186 valence electrons. The fourth-order valence-corrected chi connectivity index (χ4v) is 5.03. The number of halogens is 1. The molecule has 0 unspecified atom stereocenters. The second-order valence-corrected chi connectivity index (χ2v) is 10.3. The van der Waals surface area contributed by atoms with Crippen molar-refractivity contribution in [2.75, 3.05) is 18.4 Å². The number of pyridine rings is 1. The highest BCUT2D eigenvalue weighted by Crippen LogP contribution is 2.31. The van der Waals surface area contributed by atoms with E-state index in [1.165, 1.54) is 12.8 Å². The normalized spacial score (nSPS) is 16.8. The van der Waals surface area contributed by atoms with Gasteiger partial charge >= 0.3 is 0 Å². The lowest BCUT2D eigenvalue weighted by molar-refractivity contribution is -0.130. The number of nitrogens with zero attached hydrogens (tertiary/aromatic N) is 3. The van der Waals surface area contributed by atoms with Crippen LogP contribution in [-0.2, 0) is 11.3 Å². The number of piperidine rings is 1. The van der Waals surface area contributed by atoms with E-state index in [0.717, 1.165) is 60.2 Å². The third-order valence-electron chi connectivity index (χ3n) is 7.07. The van der Waals surface area contributed by atoms with E-state index in [1.807, 2.05) is 55.6 Å². The Morgan fingerprint density at radius 3 is 2.42 bits per heavy atom. The van der Waals surface area contributed by atoms with Gasteiger partial charge in [-0.2, -0.15) is 0 Å². The van der Waals surface area contributed by atoms with Crippen molar-refractivity contribution in [1.82, 2.24) is 14.8 Å². The molecule has 2 aliphatic rings. The van der Waals surface area contributed by atoms with Crippen molar-refractivity contribution in [3.05, 3.63) is 94.8 Å². The van der Waals surface area contributed by atoms with Crippen molar-refractivity contribution in [1.29, 1.82) is 0 Å². The zero-order valence-corrected chi connectivity index (χ0v) is 21.5. The molecule has 0 atom stereocenters. The molecule has 1 amide bonds. The molecule has 2 aromatic carbocycles. The van der Waals surface area contributed by atoms with E-state index in [4.69, 9.17) is 11.6 Å². The number of benzene rings is 2. The van der Waals surface area contributed by atoms with Gasteiger partial charge in [0, 0.05) is 66.1 Å². The van der Waals surface area contributed by atoms with E-state index in [9.17, 15) is 4.79 Å². The number of hydrogen-bond acceptors (Lipinski definition) is 4. The fraction of sp³-hybridized carbons (Fsp3) is 0.333. The van der Waals surface area contributed by atoms with Crippen LogP contribution in [0, 0.1) is 6.92 Å². The lowest BCUT2D eigenvalue weighted by atomic mass is 10.0. The van der Waals surface area contributed by atoms with Crippen molar-refractivity contribution < 1.29 is 4.79 Å². The Bertz CT molecular complexity index is 1200. The van der Waals surface area contributed by atoms with Crippen LogP contribution in [0.5, 0.6) is 0 Å². The van der Waals surface area contributed by atoms with E-state index < -0.39 is 0 Å². The number of hydrogen-bond donors (Lipinski definition) is 1. The number of aromatic nitrogens is 1. The van der Waals surface area contributed by atoms with Crippen molar-refractivity contribution in [3.8, 4) is 0 Å². The molecular formula is C30H33ClN4O. The number of rotatable bonds is 8. The monoisotopic (exact) mass is 500 g/mol. The van der Waals surface area contributed by atoms with Gasteiger partial charge in [-0.15, -0.1) is 0 Å². The minimum absolute atomic E-state index is 0.0595. The first-order valence-electron chi connectivity index (χ1n) is 12.8. The third kappa shape index (κ3) is 6.54. The van der Waals surface area contributed by atoms with Gasteiger partial charge in [0.15, 0.2) is 0 Å². The van der Waals surface area contributed by atoms with Crippen LogP contribution in [-0.4, -0.2) is 45.9 Å². The quantitative estimate of drug-likeness (QED) is 0.361. The molecule has 0 spiro atoms. The number of anilines is 2. The summed E-state index contributed by atoms with van der Waals surface area (Å²) in [6.45, 7) is 4.74. The van der Waals surface area contributed by atoms with E-state index in [-0.39, 0.29) is 11.9 Å². The largest absolute Gasteiger partial charge is 0.355 e. The summed E-state index contributed by atoms with van der Waals surface area (Å²) in [5, 5.41) is 4.12. The maximum Gasteiger partial charge on any atom is 0.247 e. The molecule has 0 bridgehead atoms. The van der Waals surface area contributed by atoms with Gasteiger partial charge in [0.1, 0.15) is 0 Å². The standard InChI is InChI=1S/C30H33ClN4O/c1-22-20-27(14-17-32-22)33-26-9-4-24(5-10-26)21-35(29-15-18-34(19-16-29)28-11-12-28)30(36)13-6-23-2-7-25(31)8-3-23/h2-10,13-14,17,20,28-29H,11-12,15-16,18-19,21H2,1H3,(H,32,33). The van der Waals surface area contributed by atoms with Crippen LogP contribution >= 0.6 is 11.6 Å². The van der Waals surface area contributed by atoms with E-state index in [1.54, 1.807) is 6.08 Å². The predicted molar refractivity (Wildman–Crippen MR) is 147 cm³/mol. The van der Waals surface area contributed by atoms with E-state index >= 15 is 0 Å². The van der Waals surface area contributed by atoms with Gasteiger partial charge in [0.25, 0.3) is 0 Å². The van der Waals surface area contributed by atoms with Gasteiger partial charge in [-0.05, 0) is 86.2 Å². The topological polar surface area (TPSA) is 48.5 Å². The molecule has 2 heterocycles. The van der Waals surface area contributed by atoms with Crippen LogP contribution in [0.4, 0.5) is 11.4 Å². The summed E-state index contributed by atoms with van der Waals surface area (Å²) in [6, 6.07) is 20.9. The molecule has 1 saturated carbocycles. The Balaban J connectivity index is 1.28. The number of carbonyl (C=O) groups is 1. The summed E-state index contributed by atoms with van der Waals surface area (Å²) < 4.78 is 0. The predicted octanol–water partition coefficient (Wildman–Crippen LogP) is 6.46. The molecule has 1 saturated heterocycles. The molecule has 1 aliphatic heterocycles. The van der Waals surface area contributed by atoms with Gasteiger partial charge in [0.05, 0.1) is 0 Å². The van der Waals surface area contributed by atoms with Crippen molar-refractivity contribution in [3.63, 3.8) is 0 Å². The summed E-state index contributed by atoms with van der Waals surface area (Å²) in [6.07, 6.45) is 10.1. The molecule has 0 radical (unpaired) electrons. The molecule has 3 aromatic rings. The van der Waals surface area contributed by atoms with Crippen molar-refractivity contribution in [2.45, 2.75) is 51.2 Å². The van der Waals surface area contributed by atoms with Crippen molar-refractivity contribution >= 4 is 35.0 Å². The van der Waals surface area contributed by atoms with Gasteiger partial charge in [0.2, 0.25) is 5.91 Å². The zero-order valence-electron chi connectivity index (χ0n) is 20.7. The minimum Gasteiger partial charge on any atom is -0.355 e. The first-order valence-corrected chi connectivity index (χ1v) is 13.2. The Morgan fingerprint density at radius 1 is 1.03 bits per heavy atom. The average molecular weight is 501 g/mol. The summed E-state index contributed by atoms with van der Waals surface area (Å²) in [7, 11) is 0. The molecule has 5 rings (SSSR count). The average Bonchev–Trinajstić information content (AvgIpc) is 3.74. The lowest BCUT2D eigenvalue weighted by Crippen LogP contribution is -2.47. The van der Waals surface area contributed by atoms with Gasteiger partial charge in [-0.1, -0.05) is 35.9 Å². The summed E-state index contributed by atoms with van der Waals surface area (Å²) in [5.74, 6) is 0.0595. The Labute approximate surface area is 218 Å². The minimum atomic E-state index is 0.0595. The molecule has 36 heavy (non-hydrogen) atoms. The summed E-state index contributed by atoms with van der Waals surface area (Å²) in [4.78, 5) is 22.4. The lowest BCUT2D eigenvalue weighted by Gasteiger charge is -2.38. The zero-order chi connectivity index (χ0) is 24.9. The van der Waals surface area contributed by atoms with Crippen LogP contribution in [0.3, 0.4) is 0 Å². The van der Waals surface area contributed by atoms with Gasteiger partial charge < -0.3 is 15.1 Å². The maximum atomic E-state index is 13.4. The highest BCUT2D eigenvalue weighted by atomic mass is 35.5. The fourth-order valence-electron chi connectivity index (χ4n) is 4.91. The number of likely N-dealkylation sites (tertiary alicyclic amines) is 1. The Morgan fingerprint density at radius 2 is 1.75 bits per heavy atom. The van der Waals surface area contributed by atoms with Crippen LogP contribution in [0.25, 0.3) is 6.08 Å². The SMILES string of the molecule is Cc1cc(Nc2ccc(CN(C(=O)C=Cc3ccc(Cl)cc3)C3CCN(C4CC4)CC3)cc2)ccn1. The molecule has 1 N–H and O–H groups in total. The number of carbonyl (C=O) groups excluding carboxylic acids is 1. The Kier molecular flexibility index (Phi) is 7.69. The third-order valence-corrected chi connectivity index (χ3v) is 7.32. The molecule has 1 aromatic heterocycles. The van der Waals surface area contributed by atoms with Crippen LogP contribution in [0.15, 0.2) is 72.9 Å². The van der Waals surface area contributed by atoms with E-state index in [0.29, 0.717) is 11.6 Å². The molecular weight excluding hydrogens is 468 g/mol. The summed E-state index contributed by atoms with van der Waals surface area (Å²) in [5.41, 5.74) is 5.11. The first-order chi connectivity index (χ1) is 17.5. The molecule has 2 fully saturated rings. The molecule has 1 aliphatic carbocycles. The van der Waals surface area contributed by atoms with Crippen LogP contribution in [0.2, 0.25) is 5.02 Å².